The summed E-state index contributed by atoms with van der Waals surface area (Å²) in [4.78, 5) is 4.55. The van der Waals surface area contributed by atoms with Gasteiger partial charge in [-0.25, -0.2) is 4.98 Å². The summed E-state index contributed by atoms with van der Waals surface area (Å²) in [5, 5.41) is 9.36. The Bertz CT molecular complexity index is 761. The van der Waals surface area contributed by atoms with Crippen molar-refractivity contribution in [3.8, 4) is 17.3 Å². The Labute approximate surface area is 111 Å². The van der Waals surface area contributed by atoms with E-state index in [2.05, 4.69) is 30.1 Å². The lowest BCUT2D eigenvalue weighted by Gasteiger charge is -2.00. The van der Waals surface area contributed by atoms with Crippen LogP contribution in [-0.4, -0.2) is 9.38 Å². The van der Waals surface area contributed by atoms with Crippen molar-refractivity contribution in [2.75, 3.05) is 0 Å². The van der Waals surface area contributed by atoms with Crippen molar-refractivity contribution in [2.45, 2.75) is 13.3 Å². The molecule has 3 aromatic rings. The zero-order valence-electron chi connectivity index (χ0n) is 10.7. The van der Waals surface area contributed by atoms with E-state index in [1.54, 1.807) is 0 Å². The maximum Gasteiger partial charge on any atom is 0.152 e. The molecule has 0 N–H and O–H groups in total. The van der Waals surface area contributed by atoms with E-state index in [1.807, 2.05) is 40.9 Å². The fraction of sp³-hybridized carbons (Fsp3) is 0.125. The number of aromatic nitrogens is 2. The third-order valence-corrected chi connectivity index (χ3v) is 3.27. The predicted molar refractivity (Wildman–Crippen MR) is 74.7 cm³/mol. The number of rotatable bonds is 2. The van der Waals surface area contributed by atoms with Crippen molar-refractivity contribution >= 4 is 5.65 Å². The summed E-state index contributed by atoms with van der Waals surface area (Å²) in [6.07, 6.45) is 2.88. The first-order valence-electron chi connectivity index (χ1n) is 6.30. The number of nitriles is 1. The molecule has 0 saturated heterocycles. The van der Waals surface area contributed by atoms with Crippen LogP contribution in [0.4, 0.5) is 0 Å². The summed E-state index contributed by atoms with van der Waals surface area (Å²) in [6, 6.07) is 16.2. The molecule has 2 heterocycles. The molecule has 0 aliphatic carbocycles. The minimum atomic E-state index is 0.583. The number of pyridine rings is 1. The van der Waals surface area contributed by atoms with Gasteiger partial charge in [-0.1, -0.05) is 37.3 Å². The first-order chi connectivity index (χ1) is 9.33. The Morgan fingerprint density at radius 3 is 2.63 bits per heavy atom. The summed E-state index contributed by atoms with van der Waals surface area (Å²) < 4.78 is 1.82. The summed E-state index contributed by atoms with van der Waals surface area (Å²) in [6.45, 7) is 2.13. The maximum absolute atomic E-state index is 9.36. The van der Waals surface area contributed by atoms with Gasteiger partial charge < -0.3 is 0 Å². The van der Waals surface area contributed by atoms with Crippen LogP contribution in [0.2, 0.25) is 0 Å². The Morgan fingerprint density at radius 2 is 1.95 bits per heavy atom. The fourth-order valence-electron chi connectivity index (χ4n) is 2.20. The second-order valence-corrected chi connectivity index (χ2v) is 4.40. The molecule has 0 amide bonds. The van der Waals surface area contributed by atoms with Crippen LogP contribution in [0.25, 0.3) is 16.9 Å². The number of aryl methyl sites for hydroxylation is 1. The average Bonchev–Trinajstić information content (AvgIpc) is 2.85. The van der Waals surface area contributed by atoms with E-state index < -0.39 is 0 Å². The number of hydrogen-bond donors (Lipinski definition) is 0. The van der Waals surface area contributed by atoms with E-state index >= 15 is 0 Å². The first kappa shape index (κ1) is 11.5. The van der Waals surface area contributed by atoms with Crippen LogP contribution < -0.4 is 0 Å². The van der Waals surface area contributed by atoms with Gasteiger partial charge in [-0.05, 0) is 24.1 Å². The van der Waals surface area contributed by atoms with Crippen LogP contribution >= 0.6 is 0 Å². The zero-order chi connectivity index (χ0) is 13.2. The molecule has 0 aliphatic heterocycles. The number of hydrogen-bond acceptors (Lipinski definition) is 2. The number of imidazole rings is 1. The van der Waals surface area contributed by atoms with Crippen LogP contribution in [0.5, 0.6) is 0 Å². The number of nitrogens with zero attached hydrogens (tertiary/aromatic N) is 3. The largest absolute Gasteiger partial charge is 0.291 e. The van der Waals surface area contributed by atoms with E-state index in [-0.39, 0.29) is 0 Å². The Hall–Kier alpha value is -2.60. The van der Waals surface area contributed by atoms with Gasteiger partial charge >= 0.3 is 0 Å². The predicted octanol–water partition coefficient (Wildman–Crippen LogP) is 3.44. The van der Waals surface area contributed by atoms with Crippen molar-refractivity contribution in [1.82, 2.24) is 9.38 Å². The topological polar surface area (TPSA) is 41.1 Å². The molecular formula is C16H13N3. The summed E-state index contributed by atoms with van der Waals surface area (Å²) in [5.74, 6) is 0. The maximum atomic E-state index is 9.36. The van der Waals surface area contributed by atoms with Gasteiger partial charge in [0.15, 0.2) is 5.69 Å². The molecule has 0 radical (unpaired) electrons. The minimum Gasteiger partial charge on any atom is -0.291 e. The normalized spacial score (nSPS) is 10.5. The average molecular weight is 247 g/mol. The third-order valence-electron chi connectivity index (χ3n) is 3.27. The molecule has 0 unspecified atom stereocenters. The van der Waals surface area contributed by atoms with E-state index in [1.165, 1.54) is 5.56 Å². The molecule has 0 bridgehead atoms. The monoisotopic (exact) mass is 247 g/mol. The minimum absolute atomic E-state index is 0.583. The van der Waals surface area contributed by atoms with Gasteiger partial charge in [0.05, 0.1) is 0 Å². The summed E-state index contributed by atoms with van der Waals surface area (Å²) in [7, 11) is 0. The van der Waals surface area contributed by atoms with E-state index in [4.69, 9.17) is 0 Å². The lowest BCUT2D eigenvalue weighted by atomic mass is 10.1. The van der Waals surface area contributed by atoms with Gasteiger partial charge in [0.25, 0.3) is 0 Å². The van der Waals surface area contributed by atoms with Gasteiger partial charge in [-0.3, -0.25) is 4.40 Å². The highest BCUT2D eigenvalue weighted by atomic mass is 15.0. The summed E-state index contributed by atoms with van der Waals surface area (Å²) in [5.41, 5.74) is 4.40. The van der Waals surface area contributed by atoms with E-state index in [9.17, 15) is 5.26 Å². The van der Waals surface area contributed by atoms with E-state index in [0.29, 0.717) is 5.69 Å². The fourth-order valence-corrected chi connectivity index (χ4v) is 2.20. The molecule has 2 aromatic heterocycles. The van der Waals surface area contributed by atoms with Crippen LogP contribution in [0, 0.1) is 11.3 Å². The number of benzene rings is 1. The second-order valence-electron chi connectivity index (χ2n) is 4.40. The molecule has 0 aliphatic rings. The Morgan fingerprint density at radius 1 is 1.16 bits per heavy atom. The molecule has 0 saturated carbocycles. The molecule has 0 spiro atoms. The quantitative estimate of drug-likeness (QED) is 0.696. The highest BCUT2D eigenvalue weighted by Crippen LogP contribution is 2.24. The van der Waals surface area contributed by atoms with Gasteiger partial charge in [0, 0.05) is 11.8 Å². The van der Waals surface area contributed by atoms with Crippen molar-refractivity contribution in [1.29, 1.82) is 5.26 Å². The molecule has 3 heteroatoms. The lowest BCUT2D eigenvalue weighted by molar-refractivity contribution is 1.14. The van der Waals surface area contributed by atoms with Gasteiger partial charge in [-0.15, -0.1) is 0 Å². The van der Waals surface area contributed by atoms with Crippen molar-refractivity contribution < 1.29 is 0 Å². The van der Waals surface area contributed by atoms with Crippen molar-refractivity contribution in [3.63, 3.8) is 0 Å². The Kier molecular flexibility index (Phi) is 2.77. The SMILES string of the molecule is CCc1ccc(-c2nc3ccccn3c2C#N)cc1. The van der Waals surface area contributed by atoms with E-state index in [0.717, 1.165) is 23.3 Å². The molecule has 19 heavy (non-hydrogen) atoms. The van der Waals surface area contributed by atoms with Gasteiger partial charge in [-0.2, -0.15) is 5.26 Å². The Balaban J connectivity index is 2.21. The molecule has 3 nitrogen and oxygen atoms in total. The molecule has 0 atom stereocenters. The molecule has 3 rings (SSSR count). The standard InChI is InChI=1S/C16H13N3/c1-2-12-6-8-13(9-7-12)16-14(11-17)19-10-4-3-5-15(19)18-16/h3-10H,2H2,1H3. The van der Waals surface area contributed by atoms with Crippen LogP contribution in [-0.2, 0) is 6.42 Å². The molecule has 92 valence electrons. The highest BCUT2D eigenvalue weighted by molar-refractivity contribution is 5.69. The smallest absolute Gasteiger partial charge is 0.152 e. The lowest BCUT2D eigenvalue weighted by Crippen LogP contribution is -1.88. The summed E-state index contributed by atoms with van der Waals surface area (Å²) >= 11 is 0. The molecule has 1 aromatic carbocycles. The first-order valence-corrected chi connectivity index (χ1v) is 6.30. The van der Waals surface area contributed by atoms with Crippen LogP contribution in [0.15, 0.2) is 48.7 Å². The second kappa shape index (κ2) is 4.58. The zero-order valence-corrected chi connectivity index (χ0v) is 10.7. The van der Waals surface area contributed by atoms with Gasteiger partial charge in [0.1, 0.15) is 17.4 Å². The number of fused-ring (bicyclic) bond motifs is 1. The molecule has 0 fully saturated rings. The van der Waals surface area contributed by atoms with Crippen LogP contribution in [0.1, 0.15) is 18.2 Å². The highest BCUT2D eigenvalue weighted by Gasteiger charge is 2.12. The van der Waals surface area contributed by atoms with Crippen molar-refractivity contribution in [3.05, 3.63) is 59.9 Å². The third kappa shape index (κ3) is 1.88. The van der Waals surface area contributed by atoms with Gasteiger partial charge in [0.2, 0.25) is 0 Å². The molecular weight excluding hydrogens is 234 g/mol. The van der Waals surface area contributed by atoms with Crippen molar-refractivity contribution in [2.24, 2.45) is 0 Å². The van der Waals surface area contributed by atoms with Crippen LogP contribution in [0.3, 0.4) is 0 Å².